The topological polar surface area (TPSA) is 38.9 Å². The molecule has 1 aromatic carbocycles. The summed E-state index contributed by atoms with van der Waals surface area (Å²) in [5.74, 6) is 0.835. The molecule has 0 fully saturated rings. The van der Waals surface area contributed by atoms with Gasteiger partial charge in [-0.1, -0.05) is 11.6 Å². The van der Waals surface area contributed by atoms with Gasteiger partial charge in [-0.25, -0.2) is 4.98 Å². The molecule has 0 saturated carbocycles. The zero-order valence-corrected chi connectivity index (χ0v) is 11.1. The predicted molar refractivity (Wildman–Crippen MR) is 72.3 cm³/mol. The first kappa shape index (κ1) is 11.8. The van der Waals surface area contributed by atoms with Gasteiger partial charge >= 0.3 is 0 Å². The van der Waals surface area contributed by atoms with Crippen molar-refractivity contribution in [3.05, 3.63) is 39.3 Å². The minimum atomic E-state index is 0.738. The minimum Gasteiger partial charge on any atom is -0.399 e. The lowest BCUT2D eigenvalue weighted by Gasteiger charge is -2.03. The van der Waals surface area contributed by atoms with Gasteiger partial charge in [-0.2, -0.15) is 0 Å². The van der Waals surface area contributed by atoms with Crippen molar-refractivity contribution in [2.45, 2.75) is 17.6 Å². The van der Waals surface area contributed by atoms with Crippen LogP contribution in [-0.2, 0) is 5.75 Å². The number of thiazole rings is 1. The number of nitrogens with zero attached hydrogens (tertiary/aromatic N) is 1. The Hall–Kier alpha value is -0.710. The molecule has 0 radical (unpaired) electrons. The molecule has 1 aromatic heterocycles. The Balaban J connectivity index is 2.07. The first-order valence-corrected chi connectivity index (χ1v) is 6.98. The number of nitrogens with two attached hydrogens (primary N) is 1. The molecule has 0 aliphatic rings. The first-order chi connectivity index (χ1) is 7.65. The molecule has 0 aliphatic heterocycles. The number of nitrogen functional groups attached to an aromatic ring is 1. The number of aromatic nitrogens is 1. The Bertz CT molecular complexity index is 496. The molecule has 1 heterocycles. The summed E-state index contributed by atoms with van der Waals surface area (Å²) >= 11 is 9.41. The van der Waals surface area contributed by atoms with E-state index in [2.05, 4.69) is 10.4 Å². The summed E-state index contributed by atoms with van der Waals surface area (Å²) in [6.07, 6.45) is 0. The standard InChI is InChI=1S/C11H11ClN2S2/c1-7-5-16-11(14-7)6-15-10-4-8(13)2-3-9(10)12/h2-5H,6,13H2,1H3. The molecule has 16 heavy (non-hydrogen) atoms. The van der Waals surface area contributed by atoms with Crippen LogP contribution in [0.3, 0.4) is 0 Å². The third-order valence-corrected chi connectivity index (χ3v) is 4.63. The number of halogens is 1. The number of rotatable bonds is 3. The van der Waals surface area contributed by atoms with Crippen LogP contribution < -0.4 is 5.73 Å². The molecule has 2 nitrogen and oxygen atoms in total. The summed E-state index contributed by atoms with van der Waals surface area (Å²) in [5, 5.41) is 3.91. The van der Waals surface area contributed by atoms with E-state index in [0.717, 1.165) is 32.1 Å². The van der Waals surface area contributed by atoms with Crippen LogP contribution in [0.25, 0.3) is 0 Å². The highest BCUT2D eigenvalue weighted by Crippen LogP contribution is 2.31. The van der Waals surface area contributed by atoms with E-state index < -0.39 is 0 Å². The molecule has 2 N–H and O–H groups in total. The fourth-order valence-corrected chi connectivity index (χ4v) is 3.29. The number of hydrogen-bond donors (Lipinski definition) is 1. The molecule has 0 unspecified atom stereocenters. The summed E-state index contributed by atoms with van der Waals surface area (Å²) < 4.78 is 0. The first-order valence-electron chi connectivity index (χ1n) is 4.74. The number of benzene rings is 1. The van der Waals surface area contributed by atoms with Crippen LogP contribution in [0, 0.1) is 6.92 Å². The van der Waals surface area contributed by atoms with Crippen molar-refractivity contribution < 1.29 is 0 Å². The average Bonchev–Trinajstić information content (AvgIpc) is 2.66. The minimum absolute atomic E-state index is 0.738. The van der Waals surface area contributed by atoms with Crippen LogP contribution in [0.15, 0.2) is 28.5 Å². The van der Waals surface area contributed by atoms with Gasteiger partial charge in [0.15, 0.2) is 0 Å². The molecule has 0 saturated heterocycles. The van der Waals surface area contributed by atoms with Gasteiger partial charge in [-0.05, 0) is 25.1 Å². The Labute approximate surface area is 108 Å². The SMILES string of the molecule is Cc1csc(CSc2cc(N)ccc2Cl)n1. The van der Waals surface area contributed by atoms with Crippen LogP contribution in [-0.4, -0.2) is 4.98 Å². The van der Waals surface area contributed by atoms with Crippen molar-refractivity contribution >= 4 is 40.4 Å². The highest BCUT2D eigenvalue weighted by molar-refractivity contribution is 7.98. The third kappa shape index (κ3) is 2.90. The van der Waals surface area contributed by atoms with Gasteiger partial charge in [0.05, 0.1) is 10.8 Å². The number of anilines is 1. The molecule has 84 valence electrons. The summed E-state index contributed by atoms with van der Waals surface area (Å²) in [6.45, 7) is 2.00. The van der Waals surface area contributed by atoms with Gasteiger partial charge < -0.3 is 5.73 Å². The Kier molecular flexibility index (Phi) is 3.74. The molecule has 0 spiro atoms. The summed E-state index contributed by atoms with van der Waals surface area (Å²) in [6, 6.07) is 5.53. The Morgan fingerprint density at radius 1 is 1.50 bits per heavy atom. The summed E-state index contributed by atoms with van der Waals surface area (Å²) in [5.41, 5.74) is 7.52. The van der Waals surface area contributed by atoms with E-state index >= 15 is 0 Å². The fourth-order valence-electron chi connectivity index (χ4n) is 1.24. The van der Waals surface area contributed by atoms with Crippen molar-refractivity contribution in [2.75, 3.05) is 5.73 Å². The molecule has 2 rings (SSSR count). The lowest BCUT2D eigenvalue weighted by Crippen LogP contribution is -1.86. The third-order valence-electron chi connectivity index (χ3n) is 1.97. The quantitative estimate of drug-likeness (QED) is 0.677. The monoisotopic (exact) mass is 270 g/mol. The normalized spacial score (nSPS) is 10.6. The highest BCUT2D eigenvalue weighted by atomic mass is 35.5. The molecular formula is C11H11ClN2S2. The highest BCUT2D eigenvalue weighted by Gasteiger charge is 2.04. The summed E-state index contributed by atoms with van der Waals surface area (Å²) in [4.78, 5) is 5.41. The molecule has 0 amide bonds. The van der Waals surface area contributed by atoms with Crippen molar-refractivity contribution in [1.29, 1.82) is 0 Å². The Morgan fingerprint density at radius 2 is 2.31 bits per heavy atom. The van der Waals surface area contributed by atoms with Gasteiger partial charge in [-0.3, -0.25) is 0 Å². The smallest absolute Gasteiger partial charge is 0.103 e. The lowest BCUT2D eigenvalue weighted by molar-refractivity contribution is 1.18. The van der Waals surface area contributed by atoms with Crippen LogP contribution in [0.1, 0.15) is 10.7 Å². The van der Waals surface area contributed by atoms with Crippen molar-refractivity contribution in [3.8, 4) is 0 Å². The van der Waals surface area contributed by atoms with Gasteiger partial charge in [-0.15, -0.1) is 23.1 Å². The zero-order chi connectivity index (χ0) is 11.5. The largest absolute Gasteiger partial charge is 0.399 e. The molecule has 0 aliphatic carbocycles. The van der Waals surface area contributed by atoms with Crippen LogP contribution in [0.2, 0.25) is 5.02 Å². The molecule has 0 bridgehead atoms. The fraction of sp³-hybridized carbons (Fsp3) is 0.182. The number of thioether (sulfide) groups is 1. The molecular weight excluding hydrogens is 260 g/mol. The van der Waals surface area contributed by atoms with E-state index in [1.807, 2.05) is 19.1 Å². The zero-order valence-electron chi connectivity index (χ0n) is 8.74. The predicted octanol–water partition coefficient (Wildman–Crippen LogP) is 3.98. The van der Waals surface area contributed by atoms with E-state index in [-0.39, 0.29) is 0 Å². The summed E-state index contributed by atoms with van der Waals surface area (Å²) in [7, 11) is 0. The maximum Gasteiger partial charge on any atom is 0.103 e. The van der Waals surface area contributed by atoms with Gasteiger partial charge in [0.2, 0.25) is 0 Å². The van der Waals surface area contributed by atoms with Crippen LogP contribution in [0.5, 0.6) is 0 Å². The molecule has 2 aromatic rings. The van der Waals surface area contributed by atoms with Gasteiger partial charge in [0, 0.05) is 21.7 Å². The van der Waals surface area contributed by atoms with E-state index in [9.17, 15) is 0 Å². The molecule has 0 atom stereocenters. The second-order valence-electron chi connectivity index (χ2n) is 3.36. The Morgan fingerprint density at radius 3 is 3.00 bits per heavy atom. The second-order valence-corrected chi connectivity index (χ2v) is 5.73. The molecule has 5 heteroatoms. The average molecular weight is 271 g/mol. The van der Waals surface area contributed by atoms with E-state index in [0.29, 0.717) is 0 Å². The van der Waals surface area contributed by atoms with Gasteiger partial charge in [0.25, 0.3) is 0 Å². The number of aryl methyl sites for hydroxylation is 1. The van der Waals surface area contributed by atoms with Crippen molar-refractivity contribution in [3.63, 3.8) is 0 Å². The van der Waals surface area contributed by atoms with Crippen molar-refractivity contribution in [2.24, 2.45) is 0 Å². The van der Waals surface area contributed by atoms with Crippen LogP contribution >= 0.6 is 34.7 Å². The number of hydrogen-bond acceptors (Lipinski definition) is 4. The van der Waals surface area contributed by atoms with E-state index in [1.165, 1.54) is 0 Å². The van der Waals surface area contributed by atoms with E-state index in [1.54, 1.807) is 29.2 Å². The second kappa shape index (κ2) is 5.08. The maximum absolute atomic E-state index is 6.07. The van der Waals surface area contributed by atoms with E-state index in [4.69, 9.17) is 17.3 Å². The van der Waals surface area contributed by atoms with Crippen LogP contribution in [0.4, 0.5) is 5.69 Å². The lowest BCUT2D eigenvalue weighted by atomic mass is 10.3. The maximum atomic E-state index is 6.07. The van der Waals surface area contributed by atoms with Gasteiger partial charge in [0.1, 0.15) is 5.01 Å². The van der Waals surface area contributed by atoms with Crippen molar-refractivity contribution in [1.82, 2.24) is 4.98 Å².